The molecule has 1 atom stereocenters. The van der Waals surface area contributed by atoms with E-state index in [1.807, 2.05) is 37.8 Å². The van der Waals surface area contributed by atoms with Crippen molar-refractivity contribution in [3.05, 3.63) is 42.5 Å². The molecule has 2 aliphatic rings. The quantitative estimate of drug-likeness (QED) is 0.569. The third-order valence-corrected chi connectivity index (χ3v) is 5.83. The molecule has 1 aromatic heterocycles. The SMILES string of the molecule is CCC1C(=O)NC2=Nc3ccc(OCCCCCCCCn4ccnc4)cc3CN21. The molecule has 0 spiro atoms. The summed E-state index contributed by atoms with van der Waals surface area (Å²) in [5, 5.41) is 2.89. The normalized spacial score (nSPS) is 17.4. The van der Waals surface area contributed by atoms with Crippen LogP contribution in [0.25, 0.3) is 0 Å². The van der Waals surface area contributed by atoms with Crippen LogP contribution in [0.4, 0.5) is 5.69 Å². The lowest BCUT2D eigenvalue weighted by Crippen LogP contribution is -2.36. The van der Waals surface area contributed by atoms with E-state index in [2.05, 4.69) is 30.8 Å². The molecule has 1 N–H and O–H groups in total. The molecule has 1 amide bonds. The summed E-state index contributed by atoms with van der Waals surface area (Å²) in [6.07, 6.45) is 13.8. The molecule has 160 valence electrons. The molecule has 2 aromatic rings. The summed E-state index contributed by atoms with van der Waals surface area (Å²) in [5.41, 5.74) is 2.03. The minimum atomic E-state index is -0.124. The van der Waals surface area contributed by atoms with Crippen LogP contribution in [0.1, 0.15) is 57.4 Å². The predicted molar refractivity (Wildman–Crippen MR) is 117 cm³/mol. The van der Waals surface area contributed by atoms with Crippen LogP contribution < -0.4 is 10.1 Å². The molecule has 7 nitrogen and oxygen atoms in total. The summed E-state index contributed by atoms with van der Waals surface area (Å²) in [7, 11) is 0. The Kier molecular flexibility index (Phi) is 6.67. The van der Waals surface area contributed by atoms with E-state index in [0.29, 0.717) is 12.5 Å². The highest BCUT2D eigenvalue weighted by Gasteiger charge is 2.37. The number of nitrogens with zero attached hydrogens (tertiary/aromatic N) is 4. The van der Waals surface area contributed by atoms with Gasteiger partial charge in [0.05, 0.1) is 18.6 Å². The second-order valence-electron chi connectivity index (χ2n) is 8.04. The van der Waals surface area contributed by atoms with Gasteiger partial charge in [-0.3, -0.25) is 10.1 Å². The lowest BCUT2D eigenvalue weighted by Gasteiger charge is -2.27. The molecule has 1 fully saturated rings. The Morgan fingerprint density at radius 2 is 2.00 bits per heavy atom. The fourth-order valence-corrected chi connectivity index (χ4v) is 4.14. The van der Waals surface area contributed by atoms with Crippen molar-refractivity contribution in [2.45, 2.75) is 71.0 Å². The summed E-state index contributed by atoms with van der Waals surface area (Å²) in [5.74, 6) is 1.61. The Labute approximate surface area is 178 Å². The van der Waals surface area contributed by atoms with Crippen molar-refractivity contribution in [2.75, 3.05) is 6.61 Å². The number of aromatic nitrogens is 2. The van der Waals surface area contributed by atoms with E-state index in [4.69, 9.17) is 4.74 Å². The Balaban J connectivity index is 1.15. The first-order chi connectivity index (χ1) is 14.7. The number of aryl methyl sites for hydroxylation is 1. The molecule has 0 radical (unpaired) electrons. The van der Waals surface area contributed by atoms with Crippen molar-refractivity contribution in [1.82, 2.24) is 19.8 Å². The van der Waals surface area contributed by atoms with Gasteiger partial charge in [-0.05, 0) is 37.5 Å². The molecule has 0 bridgehead atoms. The van der Waals surface area contributed by atoms with E-state index in [9.17, 15) is 4.79 Å². The maximum absolute atomic E-state index is 12.1. The molecule has 4 rings (SSSR count). The van der Waals surface area contributed by atoms with E-state index < -0.39 is 0 Å². The maximum atomic E-state index is 12.1. The third-order valence-electron chi connectivity index (χ3n) is 5.83. The molecular weight excluding hydrogens is 378 g/mol. The number of nitrogens with one attached hydrogen (secondary N) is 1. The van der Waals surface area contributed by atoms with Crippen LogP contribution in [0, 0.1) is 0 Å². The summed E-state index contributed by atoms with van der Waals surface area (Å²) in [4.78, 5) is 22.8. The van der Waals surface area contributed by atoms with Crippen molar-refractivity contribution < 1.29 is 9.53 Å². The summed E-state index contributed by atoms with van der Waals surface area (Å²) in [6.45, 7) is 4.53. The number of rotatable bonds is 11. The number of unbranched alkanes of at least 4 members (excludes halogenated alkanes) is 5. The van der Waals surface area contributed by atoms with Gasteiger partial charge in [-0.25, -0.2) is 9.98 Å². The van der Waals surface area contributed by atoms with Gasteiger partial charge in [0.25, 0.3) is 0 Å². The standard InChI is InChI=1S/C23H31N5O2/c1-2-21-22(29)26-23-25-20-10-9-19(15-18(20)16-28(21)23)30-14-8-6-4-3-5-7-12-27-13-11-24-17-27/h9-11,13,15,17,21H,2-8,12,14,16H2,1H3,(H,25,26,29). The minimum Gasteiger partial charge on any atom is -0.494 e. The Morgan fingerprint density at radius 1 is 1.17 bits per heavy atom. The van der Waals surface area contributed by atoms with Gasteiger partial charge in [0, 0.05) is 31.0 Å². The third kappa shape index (κ3) is 4.83. The van der Waals surface area contributed by atoms with Crippen molar-refractivity contribution in [1.29, 1.82) is 0 Å². The van der Waals surface area contributed by atoms with Gasteiger partial charge >= 0.3 is 0 Å². The molecular formula is C23H31N5O2. The fraction of sp³-hybridized carbons (Fsp3) is 0.522. The van der Waals surface area contributed by atoms with Crippen LogP contribution in [-0.4, -0.2) is 39.0 Å². The van der Waals surface area contributed by atoms with E-state index in [1.54, 1.807) is 0 Å². The van der Waals surface area contributed by atoms with E-state index in [-0.39, 0.29) is 11.9 Å². The van der Waals surface area contributed by atoms with E-state index in [0.717, 1.165) is 43.0 Å². The smallest absolute Gasteiger partial charge is 0.249 e. The van der Waals surface area contributed by atoms with Crippen molar-refractivity contribution in [3.8, 4) is 5.75 Å². The molecule has 0 aliphatic carbocycles. The number of guanidine groups is 1. The van der Waals surface area contributed by atoms with Gasteiger partial charge in [-0.2, -0.15) is 0 Å². The number of hydrogen-bond acceptors (Lipinski definition) is 5. The number of ether oxygens (including phenoxy) is 1. The lowest BCUT2D eigenvalue weighted by atomic mass is 10.1. The van der Waals surface area contributed by atoms with Crippen molar-refractivity contribution in [2.24, 2.45) is 4.99 Å². The summed E-state index contributed by atoms with van der Waals surface area (Å²) in [6, 6.07) is 5.91. The average Bonchev–Trinajstić information content (AvgIpc) is 3.37. The van der Waals surface area contributed by atoms with Crippen LogP contribution in [0.2, 0.25) is 0 Å². The molecule has 1 unspecified atom stereocenters. The van der Waals surface area contributed by atoms with Gasteiger partial charge in [0.1, 0.15) is 11.8 Å². The zero-order valence-corrected chi connectivity index (χ0v) is 17.7. The number of imidazole rings is 1. The Morgan fingerprint density at radius 3 is 2.80 bits per heavy atom. The molecule has 0 saturated carbocycles. The maximum Gasteiger partial charge on any atom is 0.249 e. The average molecular weight is 410 g/mol. The molecule has 30 heavy (non-hydrogen) atoms. The van der Waals surface area contributed by atoms with Gasteiger partial charge in [-0.15, -0.1) is 0 Å². The second-order valence-corrected chi connectivity index (χ2v) is 8.04. The number of benzene rings is 1. The molecule has 7 heteroatoms. The zero-order chi connectivity index (χ0) is 20.8. The molecule has 1 saturated heterocycles. The van der Waals surface area contributed by atoms with Crippen LogP contribution in [0.5, 0.6) is 5.75 Å². The van der Waals surface area contributed by atoms with Crippen LogP contribution in [-0.2, 0) is 17.9 Å². The predicted octanol–water partition coefficient (Wildman–Crippen LogP) is 4.01. The number of fused-ring (bicyclic) bond motifs is 2. The number of hydrogen-bond donors (Lipinski definition) is 1. The summed E-state index contributed by atoms with van der Waals surface area (Å²) >= 11 is 0. The van der Waals surface area contributed by atoms with Crippen molar-refractivity contribution >= 4 is 17.6 Å². The van der Waals surface area contributed by atoms with Gasteiger partial charge in [-0.1, -0.05) is 32.6 Å². The van der Waals surface area contributed by atoms with Crippen LogP contribution in [0.3, 0.4) is 0 Å². The van der Waals surface area contributed by atoms with Crippen LogP contribution >= 0.6 is 0 Å². The second kappa shape index (κ2) is 9.78. The highest BCUT2D eigenvalue weighted by atomic mass is 16.5. The van der Waals surface area contributed by atoms with Crippen molar-refractivity contribution in [3.63, 3.8) is 0 Å². The first kappa shape index (κ1) is 20.4. The van der Waals surface area contributed by atoms with Gasteiger partial charge in [0.15, 0.2) is 0 Å². The van der Waals surface area contributed by atoms with Gasteiger partial charge in [0.2, 0.25) is 11.9 Å². The molecule has 3 heterocycles. The highest BCUT2D eigenvalue weighted by Crippen LogP contribution is 2.32. The van der Waals surface area contributed by atoms with E-state index in [1.165, 1.54) is 32.1 Å². The largest absolute Gasteiger partial charge is 0.494 e. The van der Waals surface area contributed by atoms with Crippen LogP contribution in [0.15, 0.2) is 41.9 Å². The first-order valence-electron chi connectivity index (χ1n) is 11.1. The van der Waals surface area contributed by atoms with Gasteiger partial charge < -0.3 is 14.2 Å². The number of aliphatic imine (C=N–C) groups is 1. The monoisotopic (exact) mass is 409 g/mol. The topological polar surface area (TPSA) is 71.7 Å². The number of amides is 1. The highest BCUT2D eigenvalue weighted by molar-refractivity contribution is 6.07. The zero-order valence-electron chi connectivity index (χ0n) is 17.7. The number of carbonyl (C=O) groups is 1. The molecule has 1 aromatic carbocycles. The Hall–Kier alpha value is -2.83. The lowest BCUT2D eigenvalue weighted by molar-refractivity contribution is -0.121. The first-order valence-corrected chi connectivity index (χ1v) is 11.1. The Bertz CT molecular complexity index is 878. The summed E-state index contributed by atoms with van der Waals surface area (Å²) < 4.78 is 8.11. The fourth-order valence-electron chi connectivity index (χ4n) is 4.14. The minimum absolute atomic E-state index is 0.0438. The number of carbonyl (C=O) groups excluding carboxylic acids is 1. The van der Waals surface area contributed by atoms with E-state index >= 15 is 0 Å². The molecule has 2 aliphatic heterocycles.